The number of nitrogens with one attached hydrogen (secondary N) is 2. The minimum Gasteiger partial charge on any atom is -0.355 e. The van der Waals surface area contributed by atoms with Crippen LogP contribution < -0.4 is 10.6 Å². The van der Waals surface area contributed by atoms with Gasteiger partial charge in [-0.1, -0.05) is 24.3 Å². The molecular weight excluding hydrogens is 342 g/mol. The van der Waals surface area contributed by atoms with E-state index in [1.165, 1.54) is 12.4 Å². The van der Waals surface area contributed by atoms with Gasteiger partial charge in [0, 0.05) is 25.2 Å². The first-order valence-electron chi connectivity index (χ1n) is 8.38. The van der Waals surface area contributed by atoms with Crippen LogP contribution in [0.5, 0.6) is 0 Å². The summed E-state index contributed by atoms with van der Waals surface area (Å²) in [7, 11) is 1.59. The van der Waals surface area contributed by atoms with Gasteiger partial charge in [0.05, 0.1) is 5.69 Å². The predicted octanol–water partition coefficient (Wildman–Crippen LogP) is 1.96. The van der Waals surface area contributed by atoms with Crippen molar-refractivity contribution in [2.45, 2.75) is 6.54 Å². The van der Waals surface area contributed by atoms with Gasteiger partial charge < -0.3 is 10.6 Å². The lowest BCUT2D eigenvalue weighted by molar-refractivity contribution is -0.116. The van der Waals surface area contributed by atoms with Crippen LogP contribution in [0.2, 0.25) is 0 Å². The van der Waals surface area contributed by atoms with Crippen LogP contribution in [0.3, 0.4) is 0 Å². The summed E-state index contributed by atoms with van der Waals surface area (Å²) in [6.07, 6.45) is 6.28. The Morgan fingerprint density at radius 1 is 1.07 bits per heavy atom. The fourth-order valence-corrected chi connectivity index (χ4v) is 2.42. The molecule has 0 unspecified atom stereocenters. The van der Waals surface area contributed by atoms with Gasteiger partial charge >= 0.3 is 0 Å². The molecule has 0 saturated heterocycles. The maximum Gasteiger partial charge on any atom is 0.251 e. The quantitative estimate of drug-likeness (QED) is 0.657. The molecule has 0 aliphatic rings. The Hall–Kier alpha value is -3.74. The molecular formula is C20H19N5O2. The molecule has 3 aromatic rings. The van der Waals surface area contributed by atoms with E-state index in [1.54, 1.807) is 48.4 Å². The number of aromatic nitrogens is 3. The zero-order chi connectivity index (χ0) is 19.1. The summed E-state index contributed by atoms with van der Waals surface area (Å²) in [5.74, 6) is -0.330. The minimum atomic E-state index is -0.189. The lowest BCUT2D eigenvalue weighted by Crippen LogP contribution is -2.20. The van der Waals surface area contributed by atoms with Gasteiger partial charge in [0.1, 0.15) is 12.7 Å². The average Bonchev–Trinajstić information content (AvgIpc) is 3.26. The van der Waals surface area contributed by atoms with Crippen molar-refractivity contribution in [2.24, 2.45) is 0 Å². The Balaban J connectivity index is 1.52. The highest BCUT2D eigenvalue weighted by atomic mass is 16.2. The summed E-state index contributed by atoms with van der Waals surface area (Å²) in [6.45, 7) is 0.427. The van der Waals surface area contributed by atoms with E-state index in [0.29, 0.717) is 12.1 Å². The number of hydrogen-bond donors (Lipinski definition) is 2. The molecule has 0 radical (unpaired) electrons. The third-order valence-electron chi connectivity index (χ3n) is 3.91. The fourth-order valence-electron chi connectivity index (χ4n) is 2.42. The van der Waals surface area contributed by atoms with Crippen molar-refractivity contribution in [1.82, 2.24) is 25.4 Å². The lowest BCUT2D eigenvalue weighted by Gasteiger charge is -2.05. The highest BCUT2D eigenvalue weighted by Gasteiger charge is 2.02. The second kappa shape index (κ2) is 8.57. The maximum atomic E-state index is 12.0. The molecule has 136 valence electrons. The van der Waals surface area contributed by atoms with Crippen molar-refractivity contribution in [2.75, 3.05) is 7.05 Å². The van der Waals surface area contributed by atoms with Crippen LogP contribution in [-0.2, 0) is 11.3 Å². The lowest BCUT2D eigenvalue weighted by atomic mass is 10.1. The second-order valence-electron chi connectivity index (χ2n) is 5.76. The van der Waals surface area contributed by atoms with Crippen LogP contribution in [0.15, 0.2) is 67.3 Å². The highest BCUT2D eigenvalue weighted by Crippen LogP contribution is 2.08. The van der Waals surface area contributed by atoms with E-state index in [1.807, 2.05) is 24.3 Å². The van der Waals surface area contributed by atoms with Gasteiger partial charge in [-0.05, 0) is 41.5 Å². The van der Waals surface area contributed by atoms with Crippen LogP contribution in [0.1, 0.15) is 21.5 Å². The summed E-state index contributed by atoms with van der Waals surface area (Å²) >= 11 is 0. The van der Waals surface area contributed by atoms with Gasteiger partial charge in [-0.15, -0.1) is 0 Å². The summed E-state index contributed by atoms with van der Waals surface area (Å²) < 4.78 is 1.67. The number of benzene rings is 2. The normalized spacial score (nSPS) is 10.7. The minimum absolute atomic E-state index is 0.141. The predicted molar refractivity (Wildman–Crippen MR) is 102 cm³/mol. The molecule has 0 atom stereocenters. The molecule has 7 heteroatoms. The van der Waals surface area contributed by atoms with Crippen molar-refractivity contribution in [3.05, 3.63) is 84.0 Å². The van der Waals surface area contributed by atoms with Crippen molar-refractivity contribution in [3.8, 4) is 5.69 Å². The van der Waals surface area contributed by atoms with E-state index in [0.717, 1.165) is 16.8 Å². The fraction of sp³-hybridized carbons (Fsp3) is 0.100. The molecule has 27 heavy (non-hydrogen) atoms. The van der Waals surface area contributed by atoms with Crippen LogP contribution in [0.4, 0.5) is 0 Å². The molecule has 0 saturated carbocycles. The topological polar surface area (TPSA) is 88.9 Å². The highest BCUT2D eigenvalue weighted by molar-refractivity contribution is 5.94. The van der Waals surface area contributed by atoms with Crippen LogP contribution in [0, 0.1) is 0 Å². The standard InChI is InChI=1S/C20H19N5O2/c1-21-20(27)17-7-2-15(3-8-17)6-11-19(26)23-12-16-4-9-18(10-5-16)25-14-22-13-24-25/h2-11,13-14H,12H2,1H3,(H,21,27)(H,23,26). The van der Waals surface area contributed by atoms with Gasteiger partial charge in [0.15, 0.2) is 0 Å². The molecule has 2 amide bonds. The van der Waals surface area contributed by atoms with Crippen LogP contribution in [0.25, 0.3) is 11.8 Å². The SMILES string of the molecule is CNC(=O)c1ccc(C=CC(=O)NCc2ccc(-n3cncn3)cc2)cc1. The molecule has 0 fully saturated rings. The summed E-state index contributed by atoms with van der Waals surface area (Å²) in [5, 5.41) is 9.47. The molecule has 7 nitrogen and oxygen atoms in total. The van der Waals surface area contributed by atoms with Crippen molar-refractivity contribution in [1.29, 1.82) is 0 Å². The maximum absolute atomic E-state index is 12.0. The first kappa shape index (κ1) is 18.1. The summed E-state index contributed by atoms with van der Waals surface area (Å²) in [4.78, 5) is 27.4. The Labute approximate surface area is 156 Å². The number of carbonyl (C=O) groups is 2. The van der Waals surface area contributed by atoms with Crippen molar-refractivity contribution >= 4 is 17.9 Å². The zero-order valence-corrected chi connectivity index (χ0v) is 14.8. The first-order valence-corrected chi connectivity index (χ1v) is 8.38. The van der Waals surface area contributed by atoms with Gasteiger partial charge in [-0.3, -0.25) is 9.59 Å². The number of rotatable bonds is 6. The second-order valence-corrected chi connectivity index (χ2v) is 5.76. The average molecular weight is 361 g/mol. The number of carbonyl (C=O) groups excluding carboxylic acids is 2. The Morgan fingerprint density at radius 3 is 2.44 bits per heavy atom. The van der Waals surface area contributed by atoms with Gasteiger partial charge in [0.25, 0.3) is 5.91 Å². The number of amides is 2. The molecule has 2 N–H and O–H groups in total. The zero-order valence-electron chi connectivity index (χ0n) is 14.8. The summed E-state index contributed by atoms with van der Waals surface area (Å²) in [6, 6.07) is 14.7. The first-order chi connectivity index (χ1) is 13.2. The molecule has 1 aromatic heterocycles. The molecule has 0 bridgehead atoms. The van der Waals surface area contributed by atoms with E-state index in [2.05, 4.69) is 20.7 Å². The van der Waals surface area contributed by atoms with Crippen LogP contribution >= 0.6 is 0 Å². The van der Waals surface area contributed by atoms with Gasteiger partial charge in [-0.25, -0.2) is 9.67 Å². The van der Waals surface area contributed by atoms with Gasteiger partial charge in [-0.2, -0.15) is 5.10 Å². The van der Waals surface area contributed by atoms with E-state index in [-0.39, 0.29) is 11.8 Å². The van der Waals surface area contributed by atoms with Crippen molar-refractivity contribution < 1.29 is 9.59 Å². The molecule has 1 heterocycles. The van der Waals surface area contributed by atoms with E-state index >= 15 is 0 Å². The number of nitrogens with zero attached hydrogens (tertiary/aromatic N) is 3. The molecule has 2 aromatic carbocycles. The number of hydrogen-bond acceptors (Lipinski definition) is 4. The Morgan fingerprint density at radius 2 is 1.81 bits per heavy atom. The van der Waals surface area contributed by atoms with Crippen LogP contribution in [-0.4, -0.2) is 33.6 Å². The molecule has 0 aliphatic carbocycles. The monoisotopic (exact) mass is 361 g/mol. The third kappa shape index (κ3) is 4.88. The third-order valence-corrected chi connectivity index (χ3v) is 3.91. The van der Waals surface area contributed by atoms with E-state index in [9.17, 15) is 9.59 Å². The summed E-state index contributed by atoms with van der Waals surface area (Å²) in [5.41, 5.74) is 3.31. The smallest absolute Gasteiger partial charge is 0.251 e. The van der Waals surface area contributed by atoms with E-state index in [4.69, 9.17) is 0 Å². The Bertz CT molecular complexity index is 930. The Kier molecular flexibility index (Phi) is 5.73. The van der Waals surface area contributed by atoms with Crippen molar-refractivity contribution in [3.63, 3.8) is 0 Å². The molecule has 3 rings (SSSR count). The molecule has 0 spiro atoms. The van der Waals surface area contributed by atoms with Gasteiger partial charge in [0.2, 0.25) is 5.91 Å². The van der Waals surface area contributed by atoms with E-state index < -0.39 is 0 Å². The molecule has 0 aliphatic heterocycles. The largest absolute Gasteiger partial charge is 0.355 e.